The summed E-state index contributed by atoms with van der Waals surface area (Å²) >= 11 is 0. The first-order valence-corrected chi connectivity index (χ1v) is 26.1. The zero-order valence-corrected chi connectivity index (χ0v) is 43.3. The molecule has 0 saturated carbocycles. The standard InChI is InChI=1S/C56H65N9O10/c1-7-37-39-24-36(14-15-44(39)58-48-41(37)29-64-45(48)26-43-42(53(64)70)30-74-54(71)56(43,73)8-2)75-55(72)61(6)34-18-22-63(23-19-34)52(69)33-16-20-62(21-17-33)28-32-10-12-35(13-11-32)65-49(59-60-50(65)51(68)57-9-3)40-25-38(31(4)5)46(66)27-47(40)67/h10-15,24-27,31,33-34,51,57,66-68,73H,7-9,16-23,28-30H2,1-6H3. The number of benzene rings is 3. The Labute approximate surface area is 434 Å². The molecule has 0 bridgehead atoms. The molecule has 2 amide bonds. The van der Waals surface area contributed by atoms with E-state index in [0.29, 0.717) is 90.7 Å². The summed E-state index contributed by atoms with van der Waals surface area (Å²) in [5.41, 5.74) is 4.71. The van der Waals surface area contributed by atoms with E-state index in [1.165, 1.54) is 6.07 Å². The highest BCUT2D eigenvalue weighted by Gasteiger charge is 2.46. The van der Waals surface area contributed by atoms with Crippen LogP contribution >= 0.6 is 0 Å². The summed E-state index contributed by atoms with van der Waals surface area (Å²) < 4.78 is 14.5. The fourth-order valence-corrected chi connectivity index (χ4v) is 11.4. The molecule has 3 aromatic heterocycles. The van der Waals surface area contributed by atoms with Crippen LogP contribution in [0.4, 0.5) is 4.79 Å². The molecule has 6 aromatic rings. The van der Waals surface area contributed by atoms with Crippen molar-refractivity contribution in [1.29, 1.82) is 0 Å². The molecule has 2 fully saturated rings. The number of esters is 1. The van der Waals surface area contributed by atoms with Gasteiger partial charge in [-0.15, -0.1) is 10.2 Å². The number of piperidine rings is 2. The van der Waals surface area contributed by atoms with E-state index >= 15 is 0 Å². The maximum Gasteiger partial charge on any atom is 0.415 e. The minimum absolute atomic E-state index is 0.0104. The van der Waals surface area contributed by atoms with Crippen LogP contribution in [-0.4, -0.2) is 123 Å². The van der Waals surface area contributed by atoms with Gasteiger partial charge in [-0.1, -0.05) is 46.8 Å². The fourth-order valence-electron chi connectivity index (χ4n) is 11.4. The Morgan fingerprint density at radius 2 is 1.65 bits per heavy atom. The van der Waals surface area contributed by atoms with Crippen molar-refractivity contribution in [3.8, 4) is 45.7 Å². The fraction of sp³-hybridized carbons (Fsp3) is 0.446. The van der Waals surface area contributed by atoms with Crippen molar-refractivity contribution in [2.45, 2.75) is 117 Å². The van der Waals surface area contributed by atoms with Crippen molar-refractivity contribution >= 4 is 28.9 Å². The average molecular weight is 1020 g/mol. The van der Waals surface area contributed by atoms with Crippen LogP contribution in [0, 0.1) is 5.92 Å². The number of hydrogen-bond acceptors (Lipinski definition) is 15. The van der Waals surface area contributed by atoms with Crippen LogP contribution in [0.2, 0.25) is 0 Å². The molecular weight excluding hydrogens is 959 g/mol. The Morgan fingerprint density at radius 3 is 2.33 bits per heavy atom. The number of nitrogens with one attached hydrogen (secondary N) is 1. The zero-order valence-electron chi connectivity index (χ0n) is 43.3. The molecular formula is C56H65N9O10. The number of aliphatic hydroxyl groups excluding tert-OH is 1. The van der Waals surface area contributed by atoms with Gasteiger partial charge in [0.05, 0.1) is 34.6 Å². The third-order valence-electron chi connectivity index (χ3n) is 15.8. The summed E-state index contributed by atoms with van der Waals surface area (Å²) in [6.45, 7) is 13.3. The van der Waals surface area contributed by atoms with Crippen molar-refractivity contribution in [1.82, 2.24) is 44.3 Å². The number of hydrogen-bond donors (Lipinski definition) is 5. The van der Waals surface area contributed by atoms with Crippen molar-refractivity contribution in [2.24, 2.45) is 5.92 Å². The Hall–Kier alpha value is -7.19. The monoisotopic (exact) mass is 1020 g/mol. The summed E-state index contributed by atoms with van der Waals surface area (Å²) in [4.78, 5) is 64.8. The Bertz CT molecular complexity index is 3260. The van der Waals surface area contributed by atoms with Crippen LogP contribution in [0.5, 0.6) is 17.2 Å². The van der Waals surface area contributed by atoms with E-state index in [1.807, 2.05) is 62.9 Å². The topological polar surface area (TPSA) is 238 Å². The molecule has 4 aliphatic rings. The van der Waals surface area contributed by atoms with Gasteiger partial charge in [0.15, 0.2) is 23.5 Å². The lowest BCUT2D eigenvalue weighted by molar-refractivity contribution is -0.172. The Morgan fingerprint density at radius 1 is 0.920 bits per heavy atom. The Balaban J connectivity index is 0.736. The molecule has 2 atom stereocenters. The summed E-state index contributed by atoms with van der Waals surface area (Å²) in [5, 5.41) is 56.2. The number of aryl methyl sites for hydroxylation is 1. The van der Waals surface area contributed by atoms with Gasteiger partial charge in [-0.3, -0.25) is 24.4 Å². The third kappa shape index (κ3) is 9.29. The SMILES string of the molecule is CCNC(O)c1nnc(-c2cc(C(C)C)c(O)cc2O)n1-c1ccc(CN2CCC(C(=O)N3CCC(N(C)C(=O)Oc4ccc5nc6c(c(CC)c5c4)Cn4c-6cc5c(c4=O)COC(=O)C5(O)CC)CC3)CC2)cc1. The van der Waals surface area contributed by atoms with E-state index in [4.69, 9.17) is 14.5 Å². The number of aromatic nitrogens is 5. The van der Waals surface area contributed by atoms with Crippen LogP contribution in [0.25, 0.3) is 39.4 Å². The highest BCUT2D eigenvalue weighted by Crippen LogP contribution is 2.42. The lowest BCUT2D eigenvalue weighted by Crippen LogP contribution is -2.50. The summed E-state index contributed by atoms with van der Waals surface area (Å²) in [5.74, 6) is 0.0686. The second kappa shape index (κ2) is 20.5. The lowest BCUT2D eigenvalue weighted by Gasteiger charge is -2.39. The number of carbonyl (C=O) groups excluding carboxylic acids is 3. The molecule has 2 unspecified atom stereocenters. The van der Waals surface area contributed by atoms with E-state index in [1.54, 1.807) is 52.3 Å². The number of amides is 2. The van der Waals surface area contributed by atoms with Crippen molar-refractivity contribution in [2.75, 3.05) is 39.8 Å². The molecule has 10 rings (SSSR count). The highest BCUT2D eigenvalue weighted by molar-refractivity contribution is 5.90. The number of carbonyl (C=O) groups is 3. The summed E-state index contributed by atoms with van der Waals surface area (Å²) in [7, 11) is 1.73. The average Bonchev–Trinajstić information content (AvgIpc) is 4.04. The summed E-state index contributed by atoms with van der Waals surface area (Å²) in [6.07, 6.45) is 1.79. The molecule has 19 heteroatoms. The van der Waals surface area contributed by atoms with Crippen LogP contribution < -0.4 is 15.6 Å². The number of ether oxygens (including phenoxy) is 2. The molecule has 0 aliphatic carbocycles. The molecule has 2 saturated heterocycles. The minimum atomic E-state index is -1.92. The van der Waals surface area contributed by atoms with Crippen molar-refractivity contribution < 1.29 is 44.3 Å². The number of cyclic esters (lactones) is 1. The second-order valence-corrected chi connectivity index (χ2v) is 20.6. The number of rotatable bonds is 13. The van der Waals surface area contributed by atoms with Gasteiger partial charge < -0.3 is 44.3 Å². The molecule has 7 heterocycles. The molecule has 0 radical (unpaired) electrons. The van der Waals surface area contributed by atoms with Crippen LogP contribution in [0.3, 0.4) is 0 Å². The number of pyridine rings is 2. The summed E-state index contributed by atoms with van der Waals surface area (Å²) in [6, 6.07) is 17.8. The molecule has 394 valence electrons. The van der Waals surface area contributed by atoms with Gasteiger partial charge in [0, 0.05) is 66.9 Å². The third-order valence-corrected chi connectivity index (χ3v) is 15.8. The highest BCUT2D eigenvalue weighted by atomic mass is 16.6. The number of phenolic OH excluding ortho intramolecular Hbond substituents is 2. The number of aliphatic hydroxyl groups is 2. The number of fused-ring (bicyclic) bond motifs is 5. The van der Waals surface area contributed by atoms with Crippen molar-refractivity contribution in [3.63, 3.8) is 0 Å². The van der Waals surface area contributed by atoms with Gasteiger partial charge in [0.25, 0.3) is 5.56 Å². The van der Waals surface area contributed by atoms with Gasteiger partial charge in [0.2, 0.25) is 5.91 Å². The van der Waals surface area contributed by atoms with E-state index in [9.17, 15) is 39.6 Å². The van der Waals surface area contributed by atoms with Crippen LogP contribution in [-0.2, 0) is 46.0 Å². The van der Waals surface area contributed by atoms with Gasteiger partial charge in [0.1, 0.15) is 23.9 Å². The van der Waals surface area contributed by atoms with E-state index in [-0.39, 0.29) is 77.4 Å². The molecule has 75 heavy (non-hydrogen) atoms. The number of nitrogens with zero attached hydrogens (tertiary/aromatic N) is 8. The lowest BCUT2D eigenvalue weighted by atomic mass is 9.86. The first-order chi connectivity index (χ1) is 36.0. The van der Waals surface area contributed by atoms with E-state index in [2.05, 4.69) is 20.4 Å². The molecule has 0 spiro atoms. The molecule has 19 nitrogen and oxygen atoms in total. The molecule has 4 aliphatic heterocycles. The first-order valence-electron chi connectivity index (χ1n) is 26.1. The number of aromatic hydroxyl groups is 2. The predicted octanol–water partition coefficient (Wildman–Crippen LogP) is 6.36. The maximum absolute atomic E-state index is 13.9. The second-order valence-electron chi connectivity index (χ2n) is 20.6. The van der Waals surface area contributed by atoms with Crippen LogP contribution in [0.15, 0.2) is 65.5 Å². The van der Waals surface area contributed by atoms with E-state index in [0.717, 1.165) is 48.0 Å². The van der Waals surface area contributed by atoms with Crippen molar-refractivity contribution in [3.05, 3.63) is 110 Å². The zero-order chi connectivity index (χ0) is 53.0. The predicted molar refractivity (Wildman–Crippen MR) is 278 cm³/mol. The minimum Gasteiger partial charge on any atom is -0.508 e. The van der Waals surface area contributed by atoms with Gasteiger partial charge in [-0.25, -0.2) is 14.6 Å². The molecule has 5 N–H and O–H groups in total. The largest absolute Gasteiger partial charge is 0.508 e. The normalized spacial score (nSPS) is 18.5. The van der Waals surface area contributed by atoms with Crippen LogP contribution in [0.1, 0.15) is 118 Å². The Kier molecular flexibility index (Phi) is 14.0. The van der Waals surface area contributed by atoms with Gasteiger partial charge >= 0.3 is 12.1 Å². The smallest absolute Gasteiger partial charge is 0.415 e. The van der Waals surface area contributed by atoms with E-state index < -0.39 is 23.9 Å². The van der Waals surface area contributed by atoms with Gasteiger partial charge in [-0.05, 0) is 123 Å². The van der Waals surface area contributed by atoms with Gasteiger partial charge in [-0.2, -0.15) is 0 Å². The number of likely N-dealkylation sites (tertiary alicyclic amines) is 2. The molecule has 3 aromatic carbocycles. The number of phenols is 2. The quantitative estimate of drug-likeness (QED) is 0.0624. The first kappa shape index (κ1) is 51.3. The maximum atomic E-state index is 13.9.